The number of nitriles is 1. The molecule has 5 heteroatoms. The van der Waals surface area contributed by atoms with Crippen LogP contribution in [0, 0.1) is 30.1 Å². The van der Waals surface area contributed by atoms with E-state index in [2.05, 4.69) is 16.7 Å². The van der Waals surface area contributed by atoms with Gasteiger partial charge in [-0.2, -0.15) is 5.26 Å². The molecule has 0 saturated carbocycles. The maximum absolute atomic E-state index is 12.0. The first kappa shape index (κ1) is 17.7. The highest BCUT2D eigenvalue weighted by Gasteiger charge is 2.11. The third-order valence-electron chi connectivity index (χ3n) is 3.15. The molecule has 1 aromatic rings. The SMILES string of the molecule is Cc1cc(C(=O)NCC(C)C#N)ccc1NC(=O)CC(C)C. The molecular weight excluding hydrogens is 278 g/mol. The lowest BCUT2D eigenvalue weighted by molar-refractivity contribution is -0.116. The molecule has 2 amide bonds. The zero-order chi connectivity index (χ0) is 16.7. The van der Waals surface area contributed by atoms with Crippen molar-refractivity contribution in [1.29, 1.82) is 5.26 Å². The molecule has 1 aromatic carbocycles. The molecule has 0 radical (unpaired) electrons. The molecule has 0 aromatic heterocycles. The van der Waals surface area contributed by atoms with Gasteiger partial charge in [-0.15, -0.1) is 0 Å². The van der Waals surface area contributed by atoms with Gasteiger partial charge in [-0.1, -0.05) is 13.8 Å². The Balaban J connectivity index is 2.71. The third kappa shape index (κ3) is 5.57. The van der Waals surface area contributed by atoms with Crippen LogP contribution in [-0.2, 0) is 4.79 Å². The number of hydrogen-bond donors (Lipinski definition) is 2. The van der Waals surface area contributed by atoms with Crippen molar-refractivity contribution < 1.29 is 9.59 Å². The molecule has 118 valence electrons. The number of carbonyl (C=O) groups excluding carboxylic acids is 2. The second kappa shape index (κ2) is 8.18. The molecule has 0 aliphatic rings. The number of rotatable bonds is 6. The van der Waals surface area contributed by atoms with E-state index in [0.29, 0.717) is 30.1 Å². The molecule has 0 spiro atoms. The monoisotopic (exact) mass is 301 g/mol. The van der Waals surface area contributed by atoms with Crippen molar-refractivity contribution in [3.8, 4) is 6.07 Å². The predicted molar refractivity (Wildman–Crippen MR) is 86.4 cm³/mol. The molecule has 1 unspecified atom stereocenters. The predicted octanol–water partition coefficient (Wildman–Crippen LogP) is 2.87. The molecule has 0 aliphatic heterocycles. The van der Waals surface area contributed by atoms with E-state index < -0.39 is 0 Å². The zero-order valence-corrected chi connectivity index (χ0v) is 13.6. The van der Waals surface area contributed by atoms with Gasteiger partial charge in [-0.25, -0.2) is 0 Å². The molecule has 0 heterocycles. The van der Waals surface area contributed by atoms with E-state index in [9.17, 15) is 9.59 Å². The summed E-state index contributed by atoms with van der Waals surface area (Å²) in [5.74, 6) is -0.171. The standard InChI is InChI=1S/C17H23N3O2/c1-11(2)7-16(21)20-15-6-5-14(8-13(15)4)17(22)19-10-12(3)9-18/h5-6,8,11-12H,7,10H2,1-4H3,(H,19,22)(H,20,21). The van der Waals surface area contributed by atoms with E-state index >= 15 is 0 Å². The second-order valence-electron chi connectivity index (χ2n) is 5.92. The third-order valence-corrected chi connectivity index (χ3v) is 3.15. The Labute approximate surface area is 131 Å². The number of nitrogens with zero attached hydrogens (tertiary/aromatic N) is 1. The van der Waals surface area contributed by atoms with E-state index in [1.54, 1.807) is 25.1 Å². The number of carbonyl (C=O) groups is 2. The summed E-state index contributed by atoms with van der Waals surface area (Å²) >= 11 is 0. The van der Waals surface area contributed by atoms with Gasteiger partial charge in [0.25, 0.3) is 5.91 Å². The maximum Gasteiger partial charge on any atom is 0.251 e. The highest BCUT2D eigenvalue weighted by atomic mass is 16.2. The van der Waals surface area contributed by atoms with Crippen molar-refractivity contribution in [1.82, 2.24) is 5.32 Å². The lowest BCUT2D eigenvalue weighted by Crippen LogP contribution is -2.27. The number of aryl methyl sites for hydroxylation is 1. The normalized spacial score (nSPS) is 11.6. The topological polar surface area (TPSA) is 82.0 Å². The van der Waals surface area contributed by atoms with Crippen molar-refractivity contribution in [3.63, 3.8) is 0 Å². The van der Waals surface area contributed by atoms with Crippen molar-refractivity contribution in [3.05, 3.63) is 29.3 Å². The number of anilines is 1. The summed E-state index contributed by atoms with van der Waals surface area (Å²) in [5, 5.41) is 14.3. The zero-order valence-electron chi connectivity index (χ0n) is 13.6. The van der Waals surface area contributed by atoms with Crippen LogP contribution in [0.5, 0.6) is 0 Å². The van der Waals surface area contributed by atoms with Crippen LogP contribution < -0.4 is 10.6 Å². The quantitative estimate of drug-likeness (QED) is 0.847. The summed E-state index contributed by atoms with van der Waals surface area (Å²) in [4.78, 5) is 23.8. The first-order valence-electron chi connectivity index (χ1n) is 7.41. The van der Waals surface area contributed by atoms with Gasteiger partial charge < -0.3 is 10.6 Å². The van der Waals surface area contributed by atoms with E-state index in [1.807, 2.05) is 20.8 Å². The van der Waals surface area contributed by atoms with Crippen molar-refractivity contribution in [2.75, 3.05) is 11.9 Å². The van der Waals surface area contributed by atoms with Crippen LogP contribution in [0.2, 0.25) is 0 Å². The number of nitrogens with one attached hydrogen (secondary N) is 2. The van der Waals surface area contributed by atoms with E-state index in [4.69, 9.17) is 5.26 Å². The van der Waals surface area contributed by atoms with Crippen LogP contribution in [0.25, 0.3) is 0 Å². The Morgan fingerprint density at radius 2 is 1.95 bits per heavy atom. The molecule has 0 saturated heterocycles. The Morgan fingerprint density at radius 1 is 1.27 bits per heavy atom. The van der Waals surface area contributed by atoms with E-state index in [-0.39, 0.29) is 17.7 Å². The summed E-state index contributed by atoms with van der Waals surface area (Å²) < 4.78 is 0. The second-order valence-corrected chi connectivity index (χ2v) is 5.92. The minimum absolute atomic E-state index is 0.0295. The van der Waals surface area contributed by atoms with Crippen molar-refractivity contribution >= 4 is 17.5 Å². The average Bonchev–Trinajstić information content (AvgIpc) is 2.45. The Morgan fingerprint density at radius 3 is 2.50 bits per heavy atom. The van der Waals surface area contributed by atoms with Gasteiger partial charge in [0, 0.05) is 24.2 Å². The van der Waals surface area contributed by atoms with Gasteiger partial charge in [0.15, 0.2) is 0 Å². The molecule has 5 nitrogen and oxygen atoms in total. The average molecular weight is 301 g/mol. The molecule has 22 heavy (non-hydrogen) atoms. The molecule has 0 fully saturated rings. The first-order valence-corrected chi connectivity index (χ1v) is 7.41. The lowest BCUT2D eigenvalue weighted by atomic mass is 10.1. The highest BCUT2D eigenvalue weighted by molar-refractivity contribution is 5.96. The van der Waals surface area contributed by atoms with Gasteiger partial charge in [0.05, 0.1) is 12.0 Å². The van der Waals surface area contributed by atoms with E-state index in [0.717, 1.165) is 5.56 Å². The minimum atomic E-state index is -0.223. The van der Waals surface area contributed by atoms with E-state index in [1.165, 1.54) is 0 Å². The van der Waals surface area contributed by atoms with Gasteiger partial charge in [0.1, 0.15) is 0 Å². The lowest BCUT2D eigenvalue weighted by Gasteiger charge is -2.12. The van der Waals surface area contributed by atoms with Crippen LogP contribution >= 0.6 is 0 Å². The maximum atomic E-state index is 12.0. The van der Waals surface area contributed by atoms with Crippen LogP contribution in [-0.4, -0.2) is 18.4 Å². The summed E-state index contributed by atoms with van der Waals surface area (Å²) in [6.07, 6.45) is 0.466. The van der Waals surface area contributed by atoms with Crippen molar-refractivity contribution in [2.24, 2.45) is 11.8 Å². The van der Waals surface area contributed by atoms with Gasteiger partial charge in [0.2, 0.25) is 5.91 Å². The van der Waals surface area contributed by atoms with Crippen LogP contribution in [0.1, 0.15) is 43.1 Å². The fourth-order valence-corrected chi connectivity index (χ4v) is 1.91. The Bertz CT molecular complexity index is 588. The minimum Gasteiger partial charge on any atom is -0.351 e. The Hall–Kier alpha value is -2.35. The molecule has 0 aliphatic carbocycles. The molecule has 1 atom stereocenters. The smallest absolute Gasteiger partial charge is 0.251 e. The Kier molecular flexibility index (Phi) is 6.58. The summed E-state index contributed by atoms with van der Waals surface area (Å²) in [7, 11) is 0. The number of amides is 2. The number of benzene rings is 1. The summed E-state index contributed by atoms with van der Waals surface area (Å²) in [6, 6.07) is 7.20. The van der Waals surface area contributed by atoms with Gasteiger partial charge in [-0.3, -0.25) is 9.59 Å². The summed E-state index contributed by atoms with van der Waals surface area (Å²) in [6.45, 7) is 7.89. The fourth-order valence-electron chi connectivity index (χ4n) is 1.91. The van der Waals surface area contributed by atoms with Crippen molar-refractivity contribution in [2.45, 2.75) is 34.1 Å². The van der Waals surface area contributed by atoms with Gasteiger partial charge >= 0.3 is 0 Å². The van der Waals surface area contributed by atoms with Crippen LogP contribution in [0.4, 0.5) is 5.69 Å². The first-order chi connectivity index (χ1) is 10.3. The fraction of sp³-hybridized carbons (Fsp3) is 0.471. The molecule has 2 N–H and O–H groups in total. The van der Waals surface area contributed by atoms with Crippen LogP contribution in [0.3, 0.4) is 0 Å². The highest BCUT2D eigenvalue weighted by Crippen LogP contribution is 2.17. The molecule has 1 rings (SSSR count). The molecular formula is C17H23N3O2. The van der Waals surface area contributed by atoms with Gasteiger partial charge in [-0.05, 0) is 43.5 Å². The molecule has 0 bridgehead atoms. The summed E-state index contributed by atoms with van der Waals surface area (Å²) in [5.41, 5.74) is 2.06. The largest absolute Gasteiger partial charge is 0.351 e. The van der Waals surface area contributed by atoms with Crippen LogP contribution in [0.15, 0.2) is 18.2 Å². The number of hydrogen-bond acceptors (Lipinski definition) is 3.